The van der Waals surface area contributed by atoms with Crippen molar-refractivity contribution in [2.45, 2.75) is 0 Å². The van der Waals surface area contributed by atoms with Crippen molar-refractivity contribution < 1.29 is 17.2 Å². The Balaban J connectivity index is 0. The van der Waals surface area contributed by atoms with E-state index in [1.807, 2.05) is 0 Å². The van der Waals surface area contributed by atoms with Gasteiger partial charge in [0.05, 0.1) is 11.8 Å². The van der Waals surface area contributed by atoms with Gasteiger partial charge in [-0.2, -0.15) is 0 Å². The Labute approximate surface area is 58.4 Å². The number of hydrogen-bond donors (Lipinski definition) is 0. The summed E-state index contributed by atoms with van der Waals surface area (Å²) in [7, 11) is 0. The molecule has 0 aliphatic carbocycles. The lowest BCUT2D eigenvalue weighted by Crippen LogP contribution is -3.00. The Morgan fingerprint density at radius 1 is 1.29 bits per heavy atom. The number of halogens is 3. The van der Waals surface area contributed by atoms with E-state index in [9.17, 15) is 4.79 Å². The summed E-state index contributed by atoms with van der Waals surface area (Å²) in [6.07, 6.45) is 0. The third kappa shape index (κ3) is 6.54. The van der Waals surface area contributed by atoms with E-state index < -0.39 is 0 Å². The zero-order valence-electron chi connectivity index (χ0n) is 3.46. The van der Waals surface area contributed by atoms with E-state index in [4.69, 9.17) is 23.2 Å². The van der Waals surface area contributed by atoms with Crippen LogP contribution in [0.3, 0.4) is 0 Å². The second-order valence-corrected chi connectivity index (χ2v) is 1.34. The second kappa shape index (κ2) is 6.54. The van der Waals surface area contributed by atoms with Gasteiger partial charge in [0, 0.05) is 0 Å². The first-order valence-corrected chi connectivity index (χ1v) is 2.51. The quantitative estimate of drug-likeness (QED) is 0.431. The van der Waals surface area contributed by atoms with Gasteiger partial charge < -0.3 is 12.4 Å². The molecule has 0 N–H and O–H groups in total. The predicted molar refractivity (Wildman–Crippen MR) is 26.4 cm³/mol. The van der Waals surface area contributed by atoms with E-state index in [1.54, 1.807) is 0 Å². The topological polar surface area (TPSA) is 17.1 Å². The zero-order chi connectivity index (χ0) is 4.99. The van der Waals surface area contributed by atoms with Gasteiger partial charge in [-0.1, -0.05) is 0 Å². The van der Waals surface area contributed by atoms with Crippen LogP contribution in [0.5, 0.6) is 0 Å². The highest BCUT2D eigenvalue weighted by atomic mass is 35.5. The third-order valence-corrected chi connectivity index (χ3v) is 0.894. The molecule has 44 valence electrons. The van der Waals surface area contributed by atoms with Crippen molar-refractivity contribution in [3.8, 4) is 0 Å². The van der Waals surface area contributed by atoms with E-state index in [0.29, 0.717) is 0 Å². The summed E-state index contributed by atoms with van der Waals surface area (Å²) in [4.78, 5) is 9.92. The fourth-order valence-corrected chi connectivity index (χ4v) is 0.321. The molecule has 1 nitrogen and oxygen atoms in total. The van der Waals surface area contributed by atoms with Crippen molar-refractivity contribution in [1.82, 2.24) is 0 Å². The molecule has 0 aromatic carbocycles. The molecule has 0 fully saturated rings. The summed E-state index contributed by atoms with van der Waals surface area (Å²) in [6, 6.07) is 0. The molecule has 0 aromatic rings. The minimum atomic E-state index is -0.127. The molecule has 0 saturated carbocycles. The van der Waals surface area contributed by atoms with Crippen molar-refractivity contribution in [2.24, 2.45) is 0 Å². The van der Waals surface area contributed by atoms with E-state index in [-0.39, 0.29) is 30.0 Å². The molecule has 0 bridgehead atoms. The molecule has 0 aliphatic rings. The highest BCUT2D eigenvalue weighted by Gasteiger charge is 1.90. The molecule has 0 spiro atoms. The molecule has 0 saturated heterocycles. The molecule has 0 aliphatic heterocycles. The summed E-state index contributed by atoms with van der Waals surface area (Å²) in [5, 5.41) is 0. The molecular weight excluding hydrogens is 158 g/mol. The molecular formula is C3H4Cl3O-. The summed E-state index contributed by atoms with van der Waals surface area (Å²) in [6.45, 7) is 0. The Bertz CT molecular complexity index is 48.1. The second-order valence-electron chi connectivity index (χ2n) is 0.806. The van der Waals surface area contributed by atoms with Crippen LogP contribution >= 0.6 is 23.2 Å². The van der Waals surface area contributed by atoms with Crippen LogP contribution < -0.4 is 12.4 Å². The molecule has 0 unspecified atom stereocenters. The van der Waals surface area contributed by atoms with Crippen LogP contribution in [0.15, 0.2) is 0 Å². The first kappa shape index (κ1) is 10.5. The Hall–Kier alpha value is 0.540. The number of hydrogen-bond acceptors (Lipinski definition) is 1. The maximum atomic E-state index is 9.92. The number of ketones is 1. The summed E-state index contributed by atoms with van der Waals surface area (Å²) in [5.74, 6) is -0.0640. The van der Waals surface area contributed by atoms with Crippen LogP contribution in [0, 0.1) is 0 Å². The van der Waals surface area contributed by atoms with Gasteiger partial charge in [-0.3, -0.25) is 4.79 Å². The molecule has 0 rings (SSSR count). The predicted octanol–water partition coefficient (Wildman–Crippen LogP) is -1.96. The maximum absolute atomic E-state index is 9.92. The smallest absolute Gasteiger partial charge is 0.162 e. The number of carbonyl (C=O) groups excluding carboxylic acids is 1. The first-order valence-electron chi connectivity index (χ1n) is 1.45. The van der Waals surface area contributed by atoms with Crippen LogP contribution in [0.25, 0.3) is 0 Å². The number of alkyl halides is 2. The van der Waals surface area contributed by atoms with Gasteiger partial charge in [0.15, 0.2) is 5.78 Å². The summed E-state index contributed by atoms with van der Waals surface area (Å²) >= 11 is 10.0. The van der Waals surface area contributed by atoms with E-state index in [1.165, 1.54) is 0 Å². The Kier molecular flexibility index (Phi) is 9.82. The lowest BCUT2D eigenvalue weighted by atomic mass is 10.5. The molecule has 0 heterocycles. The molecule has 0 radical (unpaired) electrons. The van der Waals surface area contributed by atoms with Crippen molar-refractivity contribution >= 4 is 29.0 Å². The molecule has 0 atom stereocenters. The SMILES string of the molecule is O=C(CCl)CCl.[Cl-]. The molecule has 7 heavy (non-hydrogen) atoms. The molecule has 4 heteroatoms. The summed E-state index contributed by atoms with van der Waals surface area (Å²) < 4.78 is 0. The van der Waals surface area contributed by atoms with Crippen molar-refractivity contribution in [1.29, 1.82) is 0 Å². The minimum Gasteiger partial charge on any atom is -1.00 e. The van der Waals surface area contributed by atoms with E-state index in [2.05, 4.69) is 0 Å². The summed E-state index contributed by atoms with van der Waals surface area (Å²) in [5.41, 5.74) is 0. The fourth-order valence-electron chi connectivity index (χ4n) is 0.0357. The highest BCUT2D eigenvalue weighted by Crippen LogP contribution is 1.80. The lowest BCUT2D eigenvalue weighted by Gasteiger charge is -1.77. The number of rotatable bonds is 2. The Morgan fingerprint density at radius 3 is 1.57 bits per heavy atom. The van der Waals surface area contributed by atoms with Gasteiger partial charge >= 0.3 is 0 Å². The van der Waals surface area contributed by atoms with E-state index >= 15 is 0 Å². The lowest BCUT2D eigenvalue weighted by molar-refractivity contribution is -0.114. The fraction of sp³-hybridized carbons (Fsp3) is 0.667. The average Bonchev–Trinajstić information content (AvgIpc) is 1.65. The molecule has 0 amide bonds. The van der Waals surface area contributed by atoms with Crippen molar-refractivity contribution in [3.05, 3.63) is 0 Å². The zero-order valence-corrected chi connectivity index (χ0v) is 5.72. The third-order valence-electron chi connectivity index (χ3n) is 0.298. The van der Waals surface area contributed by atoms with Crippen LogP contribution in [0.2, 0.25) is 0 Å². The van der Waals surface area contributed by atoms with Gasteiger partial charge in [0.1, 0.15) is 0 Å². The van der Waals surface area contributed by atoms with E-state index in [0.717, 1.165) is 0 Å². The minimum absolute atomic E-state index is 0. The van der Waals surface area contributed by atoms with Gasteiger partial charge in [0.2, 0.25) is 0 Å². The van der Waals surface area contributed by atoms with Crippen molar-refractivity contribution in [3.63, 3.8) is 0 Å². The van der Waals surface area contributed by atoms with Crippen LogP contribution in [0.4, 0.5) is 0 Å². The standard InChI is InChI=1S/C3H4Cl2O.ClH/c4-1-3(6)2-5;/h1-2H2;1H/p-1. The van der Waals surface area contributed by atoms with Crippen LogP contribution in [-0.4, -0.2) is 17.5 Å². The van der Waals surface area contributed by atoms with Gasteiger partial charge in [-0.05, 0) is 0 Å². The monoisotopic (exact) mass is 161 g/mol. The van der Waals surface area contributed by atoms with Crippen LogP contribution in [0.1, 0.15) is 0 Å². The van der Waals surface area contributed by atoms with Gasteiger partial charge in [-0.15, -0.1) is 23.2 Å². The number of Topliss-reactive ketones (excluding diaryl/α,β-unsaturated/α-hetero) is 1. The van der Waals surface area contributed by atoms with Crippen LogP contribution in [-0.2, 0) is 4.79 Å². The van der Waals surface area contributed by atoms with Gasteiger partial charge in [-0.25, -0.2) is 0 Å². The molecule has 0 aromatic heterocycles. The largest absolute Gasteiger partial charge is 1.00 e. The number of carbonyl (C=O) groups is 1. The normalized spacial score (nSPS) is 7.14. The maximum Gasteiger partial charge on any atom is 0.162 e. The highest BCUT2D eigenvalue weighted by molar-refractivity contribution is 6.35. The van der Waals surface area contributed by atoms with Gasteiger partial charge in [0.25, 0.3) is 0 Å². The first-order chi connectivity index (χ1) is 2.81. The van der Waals surface area contributed by atoms with Crippen molar-refractivity contribution in [2.75, 3.05) is 11.8 Å². The average molecular weight is 162 g/mol. The Morgan fingerprint density at radius 2 is 1.57 bits per heavy atom.